The quantitative estimate of drug-likeness (QED) is 0.487. The maximum atomic E-state index is 13.7. The number of nitrogens with one attached hydrogen (secondary N) is 1. The number of nitrogens with zero attached hydrogens (tertiary/aromatic N) is 5. The van der Waals surface area contributed by atoms with Gasteiger partial charge in [-0.1, -0.05) is 13.8 Å². The number of carbonyl (C=O) groups excluding carboxylic acids is 3. The second-order valence-electron chi connectivity index (χ2n) is 13.6. The van der Waals surface area contributed by atoms with E-state index in [0.717, 1.165) is 38.5 Å². The number of hydrogen-bond donors (Lipinski definition) is 2. The molecule has 12 nitrogen and oxygen atoms in total. The molecule has 4 heterocycles. The average molecular weight is 597 g/mol. The second-order valence-corrected chi connectivity index (χ2v) is 13.6. The van der Waals surface area contributed by atoms with Gasteiger partial charge in [0, 0.05) is 43.9 Å². The number of aryl methyl sites for hydroxylation is 1. The normalized spacial score (nSPS) is 21.0. The molecule has 5 rings (SSSR count). The first-order chi connectivity index (χ1) is 20.2. The van der Waals surface area contributed by atoms with E-state index in [9.17, 15) is 24.3 Å². The Bertz CT molecular complexity index is 1530. The molecule has 0 aromatic carbocycles. The minimum atomic E-state index is -0.614. The summed E-state index contributed by atoms with van der Waals surface area (Å²) in [4.78, 5) is 56.7. The summed E-state index contributed by atoms with van der Waals surface area (Å²) in [5.74, 6) is -1.26. The van der Waals surface area contributed by atoms with Crippen molar-refractivity contribution < 1.29 is 24.2 Å². The van der Waals surface area contributed by atoms with Crippen LogP contribution in [0.25, 0.3) is 11.7 Å². The molecule has 3 fully saturated rings. The highest BCUT2D eigenvalue weighted by Gasteiger charge is 2.47. The number of amides is 3. The highest BCUT2D eigenvalue weighted by atomic mass is 16.6. The van der Waals surface area contributed by atoms with Crippen LogP contribution in [0.3, 0.4) is 0 Å². The van der Waals surface area contributed by atoms with E-state index < -0.39 is 28.5 Å². The van der Waals surface area contributed by atoms with Gasteiger partial charge in [-0.15, -0.1) is 0 Å². The molecule has 0 bridgehead atoms. The first-order valence-electron chi connectivity index (χ1n) is 15.3. The number of likely N-dealkylation sites (tertiary alicyclic amines) is 2. The van der Waals surface area contributed by atoms with Crippen molar-refractivity contribution in [3.05, 3.63) is 33.3 Å². The molecule has 1 unspecified atom stereocenters. The van der Waals surface area contributed by atoms with E-state index in [1.165, 1.54) is 15.2 Å². The zero-order valence-corrected chi connectivity index (χ0v) is 26.1. The number of aromatic nitrogens is 3. The van der Waals surface area contributed by atoms with E-state index in [-0.39, 0.29) is 29.5 Å². The van der Waals surface area contributed by atoms with Gasteiger partial charge in [0.1, 0.15) is 11.2 Å². The molecule has 3 amide bonds. The van der Waals surface area contributed by atoms with E-state index in [2.05, 4.69) is 10.4 Å². The van der Waals surface area contributed by atoms with Gasteiger partial charge in [-0.05, 0) is 78.2 Å². The molecular weight excluding hydrogens is 552 g/mol. The molecule has 2 N–H and O–H groups in total. The first-order valence-corrected chi connectivity index (χ1v) is 15.3. The van der Waals surface area contributed by atoms with Crippen molar-refractivity contribution in [3.63, 3.8) is 0 Å². The lowest BCUT2D eigenvalue weighted by atomic mass is 9.86. The number of rotatable bonds is 6. The molecule has 1 aliphatic carbocycles. The molecule has 2 aliphatic heterocycles. The highest BCUT2D eigenvalue weighted by Crippen LogP contribution is 2.38. The fourth-order valence-electron chi connectivity index (χ4n) is 6.33. The van der Waals surface area contributed by atoms with E-state index in [4.69, 9.17) is 4.74 Å². The van der Waals surface area contributed by atoms with E-state index in [0.29, 0.717) is 43.1 Å². The lowest BCUT2D eigenvalue weighted by Crippen LogP contribution is -2.58. The summed E-state index contributed by atoms with van der Waals surface area (Å²) in [6.45, 7) is 13.1. The van der Waals surface area contributed by atoms with Crippen LogP contribution < -0.4 is 10.9 Å². The van der Waals surface area contributed by atoms with Crippen molar-refractivity contribution in [2.24, 2.45) is 5.92 Å². The Labute approximate surface area is 251 Å². The fourth-order valence-corrected chi connectivity index (χ4v) is 6.33. The number of piperidine rings is 1. The number of carbonyl (C=O) groups is 3. The van der Waals surface area contributed by atoms with Crippen LogP contribution in [0.4, 0.5) is 4.79 Å². The molecule has 3 aliphatic rings. The molecule has 2 saturated heterocycles. The summed E-state index contributed by atoms with van der Waals surface area (Å²) in [7, 11) is 0. The predicted molar refractivity (Wildman–Crippen MR) is 161 cm³/mol. The van der Waals surface area contributed by atoms with Crippen LogP contribution in [0.15, 0.2) is 10.9 Å². The molecule has 2 aromatic rings. The van der Waals surface area contributed by atoms with Crippen LogP contribution >= 0.6 is 0 Å². The number of hydrogen-bond acceptors (Lipinski definition) is 7. The molecule has 43 heavy (non-hydrogen) atoms. The van der Waals surface area contributed by atoms with Crippen LogP contribution in [0.5, 0.6) is 5.88 Å². The van der Waals surface area contributed by atoms with Crippen molar-refractivity contribution in [2.75, 3.05) is 19.6 Å². The molecule has 2 aromatic heterocycles. The maximum absolute atomic E-state index is 13.7. The standard InChI is InChI=1S/C31H44N6O6/c1-19(2)17-35-26-22(20(3)33-37(26)28(41)24(27(35)40)25(39)32-21-9-10-21)11-12-23(38)36-16-8-14-31(36)13-7-15-34(18-31)29(42)43-30(4,5)6/h11-12,19,21,41H,7-10,13-18H2,1-6H3,(H,32,39)/b12-11+. The largest absolute Gasteiger partial charge is 0.492 e. The van der Waals surface area contributed by atoms with Gasteiger partial charge in [0.15, 0.2) is 5.56 Å². The summed E-state index contributed by atoms with van der Waals surface area (Å²) < 4.78 is 8.31. The lowest BCUT2D eigenvalue weighted by Gasteiger charge is -2.45. The minimum Gasteiger partial charge on any atom is -0.492 e. The third kappa shape index (κ3) is 6.14. The smallest absolute Gasteiger partial charge is 0.410 e. The maximum Gasteiger partial charge on any atom is 0.410 e. The van der Waals surface area contributed by atoms with E-state index in [1.807, 2.05) is 39.5 Å². The summed E-state index contributed by atoms with van der Waals surface area (Å²) in [6.07, 6.45) is 7.66. The number of ether oxygens (including phenoxy) is 1. The SMILES string of the molecule is Cc1nn2c(O)c(C(=O)NC3CC3)c(=O)n(CC(C)C)c2c1/C=C/C(=O)N1CCCC12CCCN(C(=O)OC(C)(C)C)C2. The van der Waals surface area contributed by atoms with Crippen LogP contribution in [0.2, 0.25) is 0 Å². The minimum absolute atomic E-state index is 0.0127. The van der Waals surface area contributed by atoms with Crippen LogP contribution in [-0.4, -0.2) is 83.8 Å². The first kappa shape index (κ1) is 30.6. The van der Waals surface area contributed by atoms with Crippen LogP contribution in [-0.2, 0) is 16.1 Å². The van der Waals surface area contributed by atoms with Gasteiger partial charge in [0.05, 0.1) is 11.2 Å². The van der Waals surface area contributed by atoms with Gasteiger partial charge in [-0.2, -0.15) is 9.61 Å². The summed E-state index contributed by atoms with van der Waals surface area (Å²) in [5, 5.41) is 18.3. The van der Waals surface area contributed by atoms with E-state index >= 15 is 0 Å². The Balaban J connectivity index is 1.46. The monoisotopic (exact) mass is 596 g/mol. The Morgan fingerprint density at radius 1 is 1.16 bits per heavy atom. The molecule has 1 saturated carbocycles. The molecule has 1 atom stereocenters. The van der Waals surface area contributed by atoms with Gasteiger partial charge in [0.2, 0.25) is 11.8 Å². The molecule has 12 heteroatoms. The van der Waals surface area contributed by atoms with Crippen molar-refractivity contribution in [2.45, 2.75) is 104 Å². The summed E-state index contributed by atoms with van der Waals surface area (Å²) >= 11 is 0. The Hall–Kier alpha value is -3.83. The highest BCUT2D eigenvalue weighted by molar-refractivity contribution is 5.97. The Morgan fingerprint density at radius 2 is 1.84 bits per heavy atom. The fraction of sp³-hybridized carbons (Fsp3) is 0.645. The van der Waals surface area contributed by atoms with Crippen molar-refractivity contribution in [3.8, 4) is 5.88 Å². The second kappa shape index (κ2) is 11.3. The van der Waals surface area contributed by atoms with Crippen molar-refractivity contribution in [1.29, 1.82) is 0 Å². The zero-order chi connectivity index (χ0) is 31.3. The third-order valence-electron chi connectivity index (χ3n) is 8.37. The molecule has 234 valence electrons. The van der Waals surface area contributed by atoms with Crippen molar-refractivity contribution in [1.82, 2.24) is 29.3 Å². The predicted octanol–water partition coefficient (Wildman–Crippen LogP) is 3.46. The lowest BCUT2D eigenvalue weighted by molar-refractivity contribution is -0.132. The van der Waals surface area contributed by atoms with Crippen LogP contribution in [0.1, 0.15) is 94.8 Å². The molecule has 0 radical (unpaired) electrons. The summed E-state index contributed by atoms with van der Waals surface area (Å²) in [5.41, 5.74) is -0.654. The number of aromatic hydroxyl groups is 1. The van der Waals surface area contributed by atoms with Crippen molar-refractivity contribution >= 4 is 29.6 Å². The van der Waals surface area contributed by atoms with Crippen LogP contribution in [0, 0.1) is 12.8 Å². The van der Waals surface area contributed by atoms with Gasteiger partial charge in [-0.3, -0.25) is 19.0 Å². The van der Waals surface area contributed by atoms with Gasteiger partial charge >= 0.3 is 6.09 Å². The third-order valence-corrected chi connectivity index (χ3v) is 8.37. The Kier molecular flexibility index (Phi) is 8.08. The topological polar surface area (TPSA) is 138 Å². The average Bonchev–Trinajstić information content (AvgIpc) is 3.54. The number of fused-ring (bicyclic) bond motifs is 1. The van der Waals surface area contributed by atoms with Gasteiger partial charge < -0.3 is 25.0 Å². The van der Waals surface area contributed by atoms with Gasteiger partial charge in [-0.25, -0.2) is 4.79 Å². The molecular formula is C31H44N6O6. The Morgan fingerprint density at radius 3 is 2.47 bits per heavy atom. The zero-order valence-electron chi connectivity index (χ0n) is 26.1. The summed E-state index contributed by atoms with van der Waals surface area (Å²) in [6, 6.07) is 0.0127. The van der Waals surface area contributed by atoms with Gasteiger partial charge in [0.25, 0.3) is 11.5 Å². The molecule has 1 spiro atoms. The van der Waals surface area contributed by atoms with E-state index in [1.54, 1.807) is 17.9 Å².